The SMILES string of the molecule is CCCCCCCC(=O)OC[C@@H](COC(=O)CCCCCCCCCCCCCCCCC(C)C)OC(=O)CCCCCCCCCCCCCCCCC(C)C. The Hall–Kier alpha value is -1.59. The van der Waals surface area contributed by atoms with Crippen LogP contribution in [0.25, 0.3) is 0 Å². The highest BCUT2D eigenvalue weighted by molar-refractivity contribution is 5.71. The number of carbonyl (C=O) groups excluding carboxylic acids is 3. The second kappa shape index (κ2) is 44.0. The van der Waals surface area contributed by atoms with Gasteiger partial charge in [0.15, 0.2) is 6.10 Å². The van der Waals surface area contributed by atoms with Crippen molar-refractivity contribution in [1.82, 2.24) is 0 Å². The van der Waals surface area contributed by atoms with Crippen LogP contribution in [0.15, 0.2) is 0 Å². The Morgan fingerprint density at radius 2 is 0.579 bits per heavy atom. The van der Waals surface area contributed by atoms with Crippen LogP contribution >= 0.6 is 0 Å². The molecule has 0 aliphatic rings. The third kappa shape index (κ3) is 45.3. The monoisotopic (exact) mass is 807 g/mol. The minimum absolute atomic E-state index is 0.0647. The van der Waals surface area contributed by atoms with Gasteiger partial charge in [0.05, 0.1) is 0 Å². The molecule has 0 heterocycles. The number of carbonyl (C=O) groups is 3. The molecular formula is C51H98O6. The van der Waals surface area contributed by atoms with E-state index in [0.717, 1.165) is 76.0 Å². The largest absolute Gasteiger partial charge is 0.462 e. The van der Waals surface area contributed by atoms with Crippen LogP contribution in [0.2, 0.25) is 0 Å². The van der Waals surface area contributed by atoms with Crippen molar-refractivity contribution in [3.05, 3.63) is 0 Å². The Morgan fingerprint density at radius 3 is 0.860 bits per heavy atom. The molecule has 0 bridgehead atoms. The van der Waals surface area contributed by atoms with E-state index >= 15 is 0 Å². The summed E-state index contributed by atoms with van der Waals surface area (Å²) in [4.78, 5) is 37.6. The quantitative estimate of drug-likeness (QED) is 0.0346. The van der Waals surface area contributed by atoms with E-state index in [1.807, 2.05) is 0 Å². The van der Waals surface area contributed by atoms with E-state index in [-0.39, 0.29) is 31.1 Å². The first-order chi connectivity index (χ1) is 27.7. The van der Waals surface area contributed by atoms with E-state index in [9.17, 15) is 14.4 Å². The summed E-state index contributed by atoms with van der Waals surface area (Å²) < 4.78 is 16.7. The highest BCUT2D eigenvalue weighted by atomic mass is 16.6. The number of rotatable bonds is 45. The lowest BCUT2D eigenvalue weighted by molar-refractivity contribution is -0.167. The average Bonchev–Trinajstić information content (AvgIpc) is 3.18. The third-order valence-electron chi connectivity index (χ3n) is 11.5. The van der Waals surface area contributed by atoms with Gasteiger partial charge in [0, 0.05) is 19.3 Å². The fraction of sp³-hybridized carbons (Fsp3) is 0.941. The molecule has 0 aliphatic heterocycles. The molecule has 6 nitrogen and oxygen atoms in total. The van der Waals surface area contributed by atoms with Crippen molar-refractivity contribution in [2.24, 2.45) is 11.8 Å². The van der Waals surface area contributed by atoms with Crippen molar-refractivity contribution in [3.8, 4) is 0 Å². The molecule has 0 N–H and O–H groups in total. The van der Waals surface area contributed by atoms with Gasteiger partial charge in [-0.15, -0.1) is 0 Å². The smallest absolute Gasteiger partial charge is 0.306 e. The van der Waals surface area contributed by atoms with E-state index < -0.39 is 6.10 Å². The van der Waals surface area contributed by atoms with E-state index in [4.69, 9.17) is 14.2 Å². The molecule has 0 fully saturated rings. The first-order valence-corrected chi connectivity index (χ1v) is 25.2. The minimum atomic E-state index is -0.759. The van der Waals surface area contributed by atoms with Crippen molar-refractivity contribution in [2.45, 2.75) is 285 Å². The van der Waals surface area contributed by atoms with Gasteiger partial charge in [-0.2, -0.15) is 0 Å². The zero-order chi connectivity index (χ0) is 41.9. The van der Waals surface area contributed by atoms with Crippen molar-refractivity contribution in [2.75, 3.05) is 13.2 Å². The summed E-state index contributed by atoms with van der Waals surface area (Å²) in [5.41, 5.74) is 0. The average molecular weight is 807 g/mol. The minimum Gasteiger partial charge on any atom is -0.462 e. The maximum absolute atomic E-state index is 12.7. The first kappa shape index (κ1) is 55.4. The van der Waals surface area contributed by atoms with Gasteiger partial charge in [-0.1, -0.05) is 240 Å². The molecule has 0 aromatic carbocycles. The van der Waals surface area contributed by atoms with Gasteiger partial charge in [-0.25, -0.2) is 0 Å². The maximum atomic E-state index is 12.7. The number of esters is 3. The molecule has 0 radical (unpaired) electrons. The molecule has 0 aromatic heterocycles. The van der Waals surface area contributed by atoms with Crippen LogP contribution < -0.4 is 0 Å². The van der Waals surface area contributed by atoms with Gasteiger partial charge >= 0.3 is 17.9 Å². The van der Waals surface area contributed by atoms with Crippen LogP contribution in [-0.4, -0.2) is 37.2 Å². The zero-order valence-electron chi connectivity index (χ0n) is 39.0. The van der Waals surface area contributed by atoms with Crippen molar-refractivity contribution < 1.29 is 28.6 Å². The molecule has 6 heteroatoms. The van der Waals surface area contributed by atoms with Crippen LogP contribution in [-0.2, 0) is 28.6 Å². The molecule has 0 spiro atoms. The van der Waals surface area contributed by atoms with Crippen molar-refractivity contribution >= 4 is 17.9 Å². The zero-order valence-corrected chi connectivity index (χ0v) is 39.0. The predicted octanol–water partition coefficient (Wildman–Crippen LogP) is 16.1. The standard InChI is InChI=1S/C51H98O6/c1-6-7-8-29-36-41-49(52)55-44-48(57-51(54)43-38-33-28-24-20-16-12-10-14-18-22-26-31-35-40-47(4)5)45-56-50(53)42-37-32-27-23-19-15-11-9-13-17-21-25-30-34-39-46(2)3/h46-48H,6-45H2,1-5H3/t48-/m0/s1. The van der Waals surface area contributed by atoms with Crippen LogP contribution in [0, 0.1) is 11.8 Å². The molecule has 0 unspecified atom stereocenters. The summed E-state index contributed by atoms with van der Waals surface area (Å²) in [6, 6.07) is 0. The highest BCUT2D eigenvalue weighted by Crippen LogP contribution is 2.17. The molecule has 0 aliphatic carbocycles. The summed E-state index contributed by atoms with van der Waals surface area (Å²) in [6.45, 7) is 11.3. The van der Waals surface area contributed by atoms with E-state index in [0.29, 0.717) is 19.3 Å². The summed E-state index contributed by atoms with van der Waals surface area (Å²) in [5, 5.41) is 0. The van der Waals surface area contributed by atoms with Gasteiger partial charge in [0.25, 0.3) is 0 Å². The number of unbranched alkanes of at least 4 members (excludes halogenated alkanes) is 30. The third-order valence-corrected chi connectivity index (χ3v) is 11.5. The van der Waals surface area contributed by atoms with Crippen LogP contribution in [0.3, 0.4) is 0 Å². The van der Waals surface area contributed by atoms with Crippen LogP contribution in [0.1, 0.15) is 279 Å². The Bertz CT molecular complexity index is 870. The lowest BCUT2D eigenvalue weighted by atomic mass is 10.0. The van der Waals surface area contributed by atoms with Crippen LogP contribution in [0.5, 0.6) is 0 Å². The van der Waals surface area contributed by atoms with Crippen molar-refractivity contribution in [1.29, 1.82) is 0 Å². The van der Waals surface area contributed by atoms with Gasteiger partial charge in [-0.05, 0) is 31.1 Å². The maximum Gasteiger partial charge on any atom is 0.306 e. The molecule has 0 rings (SSSR count). The van der Waals surface area contributed by atoms with Gasteiger partial charge in [-0.3, -0.25) is 14.4 Å². The molecule has 0 aromatic rings. The van der Waals surface area contributed by atoms with E-state index in [2.05, 4.69) is 34.6 Å². The normalized spacial score (nSPS) is 12.1. The van der Waals surface area contributed by atoms with Gasteiger partial charge in [0.2, 0.25) is 0 Å². The lowest BCUT2D eigenvalue weighted by Gasteiger charge is -2.18. The first-order valence-electron chi connectivity index (χ1n) is 25.2. The van der Waals surface area contributed by atoms with E-state index in [1.165, 1.54) is 161 Å². The lowest BCUT2D eigenvalue weighted by Crippen LogP contribution is -2.30. The van der Waals surface area contributed by atoms with Gasteiger partial charge in [0.1, 0.15) is 13.2 Å². The molecule has 1 atom stereocenters. The number of hydrogen-bond acceptors (Lipinski definition) is 6. The van der Waals surface area contributed by atoms with Gasteiger partial charge < -0.3 is 14.2 Å². The van der Waals surface area contributed by atoms with E-state index in [1.54, 1.807) is 0 Å². The molecule has 0 saturated carbocycles. The fourth-order valence-electron chi connectivity index (χ4n) is 7.64. The highest BCUT2D eigenvalue weighted by Gasteiger charge is 2.19. The molecular weight excluding hydrogens is 709 g/mol. The Morgan fingerprint density at radius 1 is 0.333 bits per heavy atom. The topological polar surface area (TPSA) is 78.9 Å². The Balaban J connectivity index is 4.12. The predicted molar refractivity (Wildman–Crippen MR) is 243 cm³/mol. The Kier molecular flexibility index (Phi) is 42.7. The second-order valence-electron chi connectivity index (χ2n) is 18.4. The summed E-state index contributed by atoms with van der Waals surface area (Å²) in [6.07, 6.45) is 44.1. The molecule has 338 valence electrons. The number of ether oxygens (including phenoxy) is 3. The number of hydrogen-bond donors (Lipinski definition) is 0. The molecule has 0 amide bonds. The van der Waals surface area contributed by atoms with Crippen molar-refractivity contribution in [3.63, 3.8) is 0 Å². The second-order valence-corrected chi connectivity index (χ2v) is 18.4. The molecule has 0 saturated heterocycles. The summed E-state index contributed by atoms with van der Waals surface area (Å²) >= 11 is 0. The summed E-state index contributed by atoms with van der Waals surface area (Å²) in [7, 11) is 0. The molecule has 57 heavy (non-hydrogen) atoms. The summed E-state index contributed by atoms with van der Waals surface area (Å²) in [5.74, 6) is 0.825. The Labute approximate surface area is 355 Å². The van der Waals surface area contributed by atoms with Crippen LogP contribution in [0.4, 0.5) is 0 Å². The fourth-order valence-corrected chi connectivity index (χ4v) is 7.64.